The molecular formula is C27H19O3S+. The molecule has 1 aliphatic heterocycles. The average Bonchev–Trinajstić information content (AvgIpc) is 2.84. The van der Waals surface area contributed by atoms with Gasteiger partial charge < -0.3 is 4.74 Å². The van der Waals surface area contributed by atoms with Gasteiger partial charge in [0, 0.05) is 11.1 Å². The van der Waals surface area contributed by atoms with E-state index in [0.717, 1.165) is 9.79 Å². The Morgan fingerprint density at radius 2 is 0.935 bits per heavy atom. The van der Waals surface area contributed by atoms with Gasteiger partial charge in [-0.3, -0.25) is 9.59 Å². The molecule has 0 radical (unpaired) electrons. The molecule has 0 fully saturated rings. The molecule has 0 atom stereocenters. The lowest BCUT2D eigenvalue weighted by Gasteiger charge is -2.24. The topological polar surface area (TPSA) is 43.4 Å². The van der Waals surface area contributed by atoms with Gasteiger partial charge in [0.15, 0.2) is 11.5 Å². The number of fused-ring (bicyclic) bond motifs is 2. The predicted octanol–water partition coefficient (Wildman–Crippen LogP) is 5.96. The highest BCUT2D eigenvalue weighted by Crippen LogP contribution is 2.46. The first-order chi connectivity index (χ1) is 15.2. The molecule has 0 unspecified atom stereocenters. The lowest BCUT2D eigenvalue weighted by Crippen LogP contribution is -2.39. The number of hydrogen-bond donors (Lipinski definition) is 0. The number of carbonyl (C=O) groups excluding carboxylic acids is 2. The largest absolute Gasteiger partial charge is 0.447 e. The van der Waals surface area contributed by atoms with E-state index in [1.165, 1.54) is 0 Å². The summed E-state index contributed by atoms with van der Waals surface area (Å²) in [7, 11) is -0.818. The van der Waals surface area contributed by atoms with Gasteiger partial charge >= 0.3 is 0 Å². The standard InChI is InChI=1S/C27H19O3S/c28-25(19-11-3-1-4-12-19)27(26(29)20-13-5-2-6-14-20)31-23-17-9-7-15-21(23)30-22-16-8-10-18-24(22)31/h1-18,27H/q+1. The van der Waals surface area contributed by atoms with Crippen LogP contribution in [0.1, 0.15) is 20.7 Å². The second-order valence-corrected chi connectivity index (χ2v) is 9.20. The normalized spacial score (nSPS) is 12.5. The van der Waals surface area contributed by atoms with Crippen LogP contribution >= 0.6 is 0 Å². The van der Waals surface area contributed by atoms with Gasteiger partial charge in [-0.15, -0.1) is 0 Å². The molecule has 150 valence electrons. The smallest absolute Gasteiger partial charge is 0.253 e. The number of para-hydroxylation sites is 2. The van der Waals surface area contributed by atoms with Crippen LogP contribution in [0.3, 0.4) is 0 Å². The van der Waals surface area contributed by atoms with E-state index in [0.29, 0.717) is 22.6 Å². The molecule has 0 aliphatic carbocycles. The Hall–Kier alpha value is -3.63. The molecule has 0 spiro atoms. The first kappa shape index (κ1) is 19.3. The van der Waals surface area contributed by atoms with Crippen LogP contribution < -0.4 is 4.74 Å². The number of ether oxygens (including phenoxy) is 1. The molecule has 5 rings (SSSR count). The summed E-state index contributed by atoms with van der Waals surface area (Å²) in [6.07, 6.45) is 0. The second-order valence-electron chi connectivity index (χ2n) is 7.17. The Morgan fingerprint density at radius 1 is 0.548 bits per heavy atom. The number of hydrogen-bond acceptors (Lipinski definition) is 3. The number of benzene rings is 4. The molecule has 4 aromatic carbocycles. The van der Waals surface area contributed by atoms with E-state index in [-0.39, 0.29) is 11.6 Å². The zero-order valence-corrected chi connectivity index (χ0v) is 17.4. The summed E-state index contributed by atoms with van der Waals surface area (Å²) in [4.78, 5) is 29.4. The lowest BCUT2D eigenvalue weighted by molar-refractivity contribution is 0.0902. The number of ketones is 2. The Bertz CT molecular complexity index is 1150. The lowest BCUT2D eigenvalue weighted by atomic mass is 10.0. The maximum Gasteiger partial charge on any atom is 0.253 e. The highest BCUT2D eigenvalue weighted by Gasteiger charge is 2.51. The van der Waals surface area contributed by atoms with Crippen molar-refractivity contribution in [2.24, 2.45) is 0 Å². The van der Waals surface area contributed by atoms with Crippen molar-refractivity contribution >= 4 is 22.5 Å². The van der Waals surface area contributed by atoms with E-state index < -0.39 is 16.1 Å². The molecule has 0 saturated heterocycles. The van der Waals surface area contributed by atoms with Crippen molar-refractivity contribution in [3.8, 4) is 11.5 Å². The van der Waals surface area contributed by atoms with E-state index in [9.17, 15) is 9.59 Å². The molecule has 0 saturated carbocycles. The van der Waals surface area contributed by atoms with Crippen LogP contribution in [-0.2, 0) is 10.9 Å². The molecule has 0 bridgehead atoms. The molecule has 0 aromatic heterocycles. The summed E-state index contributed by atoms with van der Waals surface area (Å²) >= 11 is 0. The Balaban J connectivity index is 1.72. The fraction of sp³-hybridized carbons (Fsp3) is 0.0370. The van der Waals surface area contributed by atoms with Gasteiger partial charge in [0.25, 0.3) is 5.25 Å². The van der Waals surface area contributed by atoms with Gasteiger partial charge in [-0.25, -0.2) is 0 Å². The first-order valence-corrected chi connectivity index (χ1v) is 11.3. The Morgan fingerprint density at radius 3 is 1.39 bits per heavy atom. The van der Waals surface area contributed by atoms with E-state index in [1.807, 2.05) is 84.9 Å². The zero-order valence-electron chi connectivity index (χ0n) is 16.6. The van der Waals surface area contributed by atoms with Gasteiger partial charge in [0.2, 0.25) is 21.4 Å². The van der Waals surface area contributed by atoms with Crippen LogP contribution in [0.2, 0.25) is 0 Å². The molecule has 31 heavy (non-hydrogen) atoms. The molecule has 0 N–H and O–H groups in total. The van der Waals surface area contributed by atoms with Gasteiger partial charge in [-0.2, -0.15) is 0 Å². The fourth-order valence-corrected chi connectivity index (χ4v) is 6.31. The molecule has 3 nitrogen and oxygen atoms in total. The quantitative estimate of drug-likeness (QED) is 0.226. The minimum atomic E-state index is -0.879. The molecule has 4 aromatic rings. The van der Waals surface area contributed by atoms with Crippen molar-refractivity contribution in [1.29, 1.82) is 0 Å². The molecule has 1 heterocycles. The maximum absolute atomic E-state index is 13.8. The average molecular weight is 424 g/mol. The van der Waals surface area contributed by atoms with E-state index in [1.54, 1.807) is 24.3 Å². The van der Waals surface area contributed by atoms with Crippen molar-refractivity contribution in [3.05, 3.63) is 120 Å². The predicted molar refractivity (Wildman–Crippen MR) is 122 cm³/mol. The summed E-state index contributed by atoms with van der Waals surface area (Å²) in [6, 6.07) is 33.5. The molecule has 0 amide bonds. The van der Waals surface area contributed by atoms with Crippen LogP contribution in [0.15, 0.2) is 119 Å². The van der Waals surface area contributed by atoms with Crippen LogP contribution in [0, 0.1) is 0 Å². The summed E-state index contributed by atoms with van der Waals surface area (Å²) in [5.41, 5.74) is 1.07. The highest BCUT2D eigenvalue weighted by atomic mass is 32.2. The number of Topliss-reactive ketones (excluding diaryl/α,β-unsaturated/α-hetero) is 2. The fourth-order valence-electron chi connectivity index (χ4n) is 3.76. The first-order valence-electron chi connectivity index (χ1n) is 10.0. The SMILES string of the molecule is O=C(c1ccccc1)C(C(=O)c1ccccc1)[S+]1c2ccccc2Oc2ccccc21. The van der Waals surface area contributed by atoms with Gasteiger partial charge in [-0.1, -0.05) is 84.9 Å². The van der Waals surface area contributed by atoms with Crippen molar-refractivity contribution in [2.75, 3.05) is 0 Å². The number of rotatable bonds is 5. The Kier molecular flexibility index (Phi) is 5.14. The van der Waals surface area contributed by atoms with Crippen LogP contribution in [0.4, 0.5) is 0 Å². The van der Waals surface area contributed by atoms with Crippen molar-refractivity contribution in [3.63, 3.8) is 0 Å². The summed E-state index contributed by atoms with van der Waals surface area (Å²) in [6.45, 7) is 0. The van der Waals surface area contributed by atoms with E-state index in [2.05, 4.69) is 0 Å². The van der Waals surface area contributed by atoms with Gasteiger partial charge in [0.1, 0.15) is 0 Å². The second kappa shape index (κ2) is 8.25. The van der Waals surface area contributed by atoms with Crippen molar-refractivity contribution in [1.82, 2.24) is 0 Å². The third-order valence-electron chi connectivity index (χ3n) is 5.22. The van der Waals surface area contributed by atoms with Crippen molar-refractivity contribution < 1.29 is 14.3 Å². The van der Waals surface area contributed by atoms with Crippen LogP contribution in [0.25, 0.3) is 0 Å². The third kappa shape index (κ3) is 3.56. The molecule has 1 aliphatic rings. The van der Waals surface area contributed by atoms with Crippen molar-refractivity contribution in [2.45, 2.75) is 15.0 Å². The minimum absolute atomic E-state index is 0.177. The highest BCUT2D eigenvalue weighted by molar-refractivity contribution is 7.99. The molecular weight excluding hydrogens is 404 g/mol. The molecule has 4 heteroatoms. The maximum atomic E-state index is 13.8. The van der Waals surface area contributed by atoms with E-state index in [4.69, 9.17) is 4.74 Å². The summed E-state index contributed by atoms with van der Waals surface area (Å²) in [5, 5.41) is -0.879. The third-order valence-corrected chi connectivity index (χ3v) is 7.74. The van der Waals surface area contributed by atoms with Gasteiger partial charge in [-0.05, 0) is 24.3 Å². The van der Waals surface area contributed by atoms with Crippen LogP contribution in [0.5, 0.6) is 11.5 Å². The number of carbonyl (C=O) groups is 2. The monoisotopic (exact) mass is 423 g/mol. The van der Waals surface area contributed by atoms with E-state index >= 15 is 0 Å². The summed E-state index contributed by atoms with van der Waals surface area (Å²) < 4.78 is 6.11. The summed E-state index contributed by atoms with van der Waals surface area (Å²) in [5.74, 6) is 1.03. The van der Waals surface area contributed by atoms with Gasteiger partial charge in [0.05, 0.1) is 10.9 Å². The van der Waals surface area contributed by atoms with Crippen LogP contribution in [-0.4, -0.2) is 16.8 Å². The minimum Gasteiger partial charge on any atom is -0.447 e. The zero-order chi connectivity index (χ0) is 21.2. The Labute approximate surface area is 183 Å².